The van der Waals surface area contributed by atoms with Gasteiger partial charge in [0.05, 0.1) is 0 Å². The zero-order chi connectivity index (χ0) is 13.5. The molecule has 4 heteroatoms. The van der Waals surface area contributed by atoms with Gasteiger partial charge in [-0.1, -0.05) is 48.5 Å². The van der Waals surface area contributed by atoms with Gasteiger partial charge in [-0.2, -0.15) is 0 Å². The van der Waals surface area contributed by atoms with E-state index in [4.69, 9.17) is 4.52 Å². The maximum Gasteiger partial charge on any atom is 0.373 e. The van der Waals surface area contributed by atoms with E-state index in [1.165, 1.54) is 6.66 Å². The highest BCUT2D eigenvalue weighted by Crippen LogP contribution is 2.44. The van der Waals surface area contributed by atoms with Crippen LogP contribution in [0, 0.1) is 0 Å². The first-order valence-electron chi connectivity index (χ1n) is 5.95. The van der Waals surface area contributed by atoms with Crippen LogP contribution in [0.15, 0.2) is 54.6 Å². The van der Waals surface area contributed by atoms with Gasteiger partial charge in [0, 0.05) is 17.4 Å². The van der Waals surface area contributed by atoms with Crippen LogP contribution >= 0.6 is 7.60 Å². The molecule has 3 nitrogen and oxygen atoms in total. The molecule has 0 saturated carbocycles. The number of fused-ring (bicyclic) bond motifs is 2. The minimum absolute atomic E-state index is 0.474. The molecule has 1 N–H and O–H groups in total. The molecule has 96 valence electrons. The summed E-state index contributed by atoms with van der Waals surface area (Å²) >= 11 is 0. The van der Waals surface area contributed by atoms with E-state index in [9.17, 15) is 9.46 Å². The van der Waals surface area contributed by atoms with Gasteiger partial charge in [-0.25, -0.2) is 4.57 Å². The van der Waals surface area contributed by atoms with E-state index >= 15 is 0 Å². The minimum atomic E-state index is -3.60. The van der Waals surface area contributed by atoms with Crippen molar-refractivity contribution in [3.63, 3.8) is 0 Å². The molecule has 0 aliphatic rings. The molecule has 0 radical (unpaired) electrons. The van der Waals surface area contributed by atoms with Crippen molar-refractivity contribution in [3.05, 3.63) is 54.6 Å². The van der Waals surface area contributed by atoms with Crippen LogP contribution in [0.2, 0.25) is 0 Å². The van der Waals surface area contributed by atoms with Gasteiger partial charge in [-0.3, -0.25) is 0 Å². The van der Waals surface area contributed by atoms with Gasteiger partial charge in [0.15, 0.2) is 0 Å². The van der Waals surface area contributed by atoms with Gasteiger partial charge in [0.25, 0.3) is 0 Å². The highest BCUT2D eigenvalue weighted by atomic mass is 31.2. The summed E-state index contributed by atoms with van der Waals surface area (Å²) in [6.07, 6.45) is 0. The van der Waals surface area contributed by atoms with Crippen molar-refractivity contribution in [2.45, 2.75) is 0 Å². The Hall–Kier alpha value is -1.83. The van der Waals surface area contributed by atoms with E-state index in [2.05, 4.69) is 6.07 Å². The summed E-state index contributed by atoms with van der Waals surface area (Å²) in [5.74, 6) is 0.474. The number of rotatable bonds is 2. The largest absolute Gasteiger partial charge is 0.423 e. The van der Waals surface area contributed by atoms with Crippen molar-refractivity contribution < 1.29 is 14.0 Å². The van der Waals surface area contributed by atoms with Gasteiger partial charge in [0.1, 0.15) is 5.75 Å². The van der Waals surface area contributed by atoms with Gasteiger partial charge >= 0.3 is 7.60 Å². The Balaban J connectivity index is 2.43. The Morgan fingerprint density at radius 3 is 1.89 bits per heavy atom. The molecule has 3 rings (SSSR count). The molecular formula is C15H13O3P. The Morgan fingerprint density at radius 1 is 0.947 bits per heavy atom. The Kier molecular flexibility index (Phi) is 2.81. The minimum Gasteiger partial charge on any atom is -0.423 e. The van der Waals surface area contributed by atoms with Crippen molar-refractivity contribution in [1.82, 2.24) is 0 Å². The van der Waals surface area contributed by atoms with Crippen molar-refractivity contribution in [2.75, 3.05) is 6.66 Å². The van der Waals surface area contributed by atoms with E-state index < -0.39 is 7.60 Å². The lowest BCUT2D eigenvalue weighted by atomic mass is 10.0. The monoisotopic (exact) mass is 272 g/mol. The van der Waals surface area contributed by atoms with Crippen LogP contribution in [-0.2, 0) is 4.57 Å². The molecule has 0 spiro atoms. The van der Waals surface area contributed by atoms with Crippen LogP contribution in [0.25, 0.3) is 21.5 Å². The van der Waals surface area contributed by atoms with Crippen molar-refractivity contribution in [1.29, 1.82) is 0 Å². The molecular weight excluding hydrogens is 259 g/mol. The third-order valence-corrected chi connectivity index (χ3v) is 3.50. The molecule has 0 heterocycles. The second-order valence-corrected chi connectivity index (χ2v) is 6.33. The summed E-state index contributed by atoms with van der Waals surface area (Å²) < 4.78 is 16.9. The first kappa shape index (κ1) is 12.2. The second-order valence-electron chi connectivity index (χ2n) is 4.54. The number of benzene rings is 3. The van der Waals surface area contributed by atoms with Gasteiger partial charge in [-0.15, -0.1) is 0 Å². The van der Waals surface area contributed by atoms with Crippen LogP contribution in [0.1, 0.15) is 0 Å². The third-order valence-electron chi connectivity index (χ3n) is 2.98. The Bertz CT molecular complexity index is 751. The predicted octanol–water partition coefficient (Wildman–Crippen LogP) is 4.19. The SMILES string of the molecule is CP(=O)(O)Oc1c2ccccc2cc2ccccc12. The van der Waals surface area contributed by atoms with Crippen molar-refractivity contribution in [2.24, 2.45) is 0 Å². The fraction of sp³-hybridized carbons (Fsp3) is 0.0667. The third kappa shape index (κ3) is 2.35. The standard InChI is InChI=1S/C15H13O3P/c1-19(16,17)18-15-13-8-4-2-6-11(13)10-12-7-3-5-9-14(12)15/h2-10H,1H3,(H,16,17). The van der Waals surface area contributed by atoms with Crippen molar-refractivity contribution >= 4 is 29.1 Å². The molecule has 0 bridgehead atoms. The quantitative estimate of drug-likeness (QED) is 0.562. The van der Waals surface area contributed by atoms with Gasteiger partial charge in [0.2, 0.25) is 0 Å². The molecule has 0 aliphatic heterocycles. The van der Waals surface area contributed by atoms with Crippen LogP contribution in [-0.4, -0.2) is 11.6 Å². The Labute approximate surface area is 111 Å². The normalized spacial score (nSPS) is 14.4. The molecule has 1 unspecified atom stereocenters. The van der Waals surface area contributed by atoms with Crippen LogP contribution in [0.3, 0.4) is 0 Å². The summed E-state index contributed by atoms with van der Waals surface area (Å²) in [6.45, 7) is 1.20. The molecule has 1 atom stereocenters. The van der Waals surface area contributed by atoms with Crippen LogP contribution in [0.4, 0.5) is 0 Å². The fourth-order valence-corrected chi connectivity index (χ4v) is 2.78. The summed E-state index contributed by atoms with van der Waals surface area (Å²) in [5.41, 5.74) is 0. The second kappa shape index (κ2) is 4.37. The molecule has 0 fully saturated rings. The molecule has 19 heavy (non-hydrogen) atoms. The molecule has 0 aliphatic carbocycles. The highest BCUT2D eigenvalue weighted by Gasteiger charge is 2.16. The molecule has 0 amide bonds. The number of hydrogen-bond acceptors (Lipinski definition) is 2. The zero-order valence-corrected chi connectivity index (χ0v) is 11.3. The Morgan fingerprint density at radius 2 is 1.42 bits per heavy atom. The van der Waals surface area contributed by atoms with E-state index in [0.717, 1.165) is 21.5 Å². The fourth-order valence-electron chi connectivity index (χ4n) is 2.24. The summed E-state index contributed by atoms with van der Waals surface area (Å²) in [7, 11) is -3.60. The molecule has 0 saturated heterocycles. The summed E-state index contributed by atoms with van der Waals surface area (Å²) in [6, 6.07) is 17.4. The van der Waals surface area contributed by atoms with Crippen LogP contribution < -0.4 is 4.52 Å². The number of hydrogen-bond donors (Lipinski definition) is 1. The van der Waals surface area contributed by atoms with Gasteiger partial charge < -0.3 is 9.42 Å². The lowest BCUT2D eigenvalue weighted by Gasteiger charge is -2.14. The van der Waals surface area contributed by atoms with E-state index in [1.54, 1.807) is 0 Å². The average molecular weight is 272 g/mol. The van der Waals surface area contributed by atoms with E-state index in [0.29, 0.717) is 5.75 Å². The lowest BCUT2D eigenvalue weighted by molar-refractivity contribution is 0.391. The van der Waals surface area contributed by atoms with E-state index in [1.807, 2.05) is 48.5 Å². The molecule has 3 aromatic rings. The average Bonchev–Trinajstić information content (AvgIpc) is 2.37. The van der Waals surface area contributed by atoms with Crippen LogP contribution in [0.5, 0.6) is 5.75 Å². The molecule has 3 aromatic carbocycles. The lowest BCUT2D eigenvalue weighted by Crippen LogP contribution is -1.92. The first-order chi connectivity index (χ1) is 9.04. The highest BCUT2D eigenvalue weighted by molar-refractivity contribution is 7.52. The van der Waals surface area contributed by atoms with Gasteiger partial charge in [-0.05, 0) is 16.8 Å². The predicted molar refractivity (Wildman–Crippen MR) is 77.8 cm³/mol. The zero-order valence-electron chi connectivity index (χ0n) is 10.4. The maximum atomic E-state index is 11.6. The maximum absolute atomic E-state index is 11.6. The molecule has 0 aromatic heterocycles. The van der Waals surface area contributed by atoms with E-state index in [-0.39, 0.29) is 0 Å². The summed E-state index contributed by atoms with van der Waals surface area (Å²) in [4.78, 5) is 9.52. The topological polar surface area (TPSA) is 46.5 Å². The van der Waals surface area contributed by atoms with Crippen molar-refractivity contribution in [3.8, 4) is 5.75 Å². The smallest absolute Gasteiger partial charge is 0.373 e. The summed E-state index contributed by atoms with van der Waals surface area (Å²) in [5, 5.41) is 3.67. The first-order valence-corrected chi connectivity index (χ1v) is 7.97.